The van der Waals surface area contributed by atoms with Crippen LogP contribution in [0.15, 0.2) is 41.3 Å². The maximum atomic E-state index is 13.5. The third kappa shape index (κ3) is 2.93. The first kappa shape index (κ1) is 18.4. The maximum absolute atomic E-state index is 13.5. The molecule has 4 aromatic heterocycles. The van der Waals surface area contributed by atoms with E-state index < -0.39 is 0 Å². The molecule has 0 aliphatic heterocycles. The summed E-state index contributed by atoms with van der Waals surface area (Å²) in [7, 11) is 1.56. The first-order valence-corrected chi connectivity index (χ1v) is 9.38. The molecular weight excluding hydrogens is 408 g/mol. The Morgan fingerprint density at radius 3 is 2.70 bits per heavy atom. The lowest BCUT2D eigenvalue weighted by atomic mass is 10.1. The van der Waals surface area contributed by atoms with E-state index >= 15 is 0 Å². The predicted octanol–water partition coefficient (Wildman–Crippen LogP) is 2.32. The quantitative estimate of drug-likeness (QED) is 0.472. The lowest BCUT2D eigenvalue weighted by molar-refractivity contribution is 0.178. The lowest BCUT2D eigenvalue weighted by Crippen LogP contribution is -2.21. The average molecular weight is 423 g/mol. The molecule has 0 bridgehead atoms. The lowest BCUT2D eigenvalue weighted by Gasteiger charge is -2.10. The Kier molecular flexibility index (Phi) is 4.30. The summed E-state index contributed by atoms with van der Waals surface area (Å²) in [6, 6.07) is 8.90. The fraction of sp³-hybridized carbons (Fsp3) is 0.158. The summed E-state index contributed by atoms with van der Waals surface area (Å²) < 4.78 is 7.98. The van der Waals surface area contributed by atoms with Crippen molar-refractivity contribution in [2.45, 2.75) is 13.5 Å². The summed E-state index contributed by atoms with van der Waals surface area (Å²) in [5, 5.41) is 12.3. The standard InChI is InChI=1S/C19H15ClN8O2/c1-10-21-18-22-13-7-8-27(19-23-14(9-30-2)24-25-19)17(29)15(13)16(28(18)26-10)11-3-5-12(20)6-4-11/h3-8H,9H2,1-2H3,(H,23,24,25). The molecule has 0 aliphatic carbocycles. The predicted molar refractivity (Wildman–Crippen MR) is 110 cm³/mol. The molecule has 0 unspecified atom stereocenters. The zero-order valence-corrected chi connectivity index (χ0v) is 16.8. The average Bonchev–Trinajstić information content (AvgIpc) is 3.33. The monoisotopic (exact) mass is 422 g/mol. The number of hydrogen-bond acceptors (Lipinski definition) is 7. The van der Waals surface area contributed by atoms with Gasteiger partial charge >= 0.3 is 0 Å². The number of halogens is 1. The van der Waals surface area contributed by atoms with Crippen LogP contribution in [-0.2, 0) is 11.3 Å². The number of methoxy groups -OCH3 is 1. The number of ether oxygens (including phenoxy) is 1. The van der Waals surface area contributed by atoms with E-state index in [2.05, 4.69) is 30.2 Å². The van der Waals surface area contributed by atoms with Gasteiger partial charge < -0.3 is 4.74 Å². The molecule has 150 valence electrons. The van der Waals surface area contributed by atoms with Crippen LogP contribution in [0.3, 0.4) is 0 Å². The molecule has 30 heavy (non-hydrogen) atoms. The van der Waals surface area contributed by atoms with Crippen LogP contribution in [0.2, 0.25) is 5.02 Å². The number of H-pyrrole nitrogens is 1. The second-order valence-corrected chi connectivity index (χ2v) is 7.04. The molecule has 0 saturated heterocycles. The Bertz CT molecular complexity index is 1450. The highest BCUT2D eigenvalue weighted by molar-refractivity contribution is 6.30. The number of rotatable bonds is 4. The second kappa shape index (κ2) is 7.01. The molecule has 0 amide bonds. The highest BCUT2D eigenvalue weighted by Gasteiger charge is 2.19. The summed E-state index contributed by atoms with van der Waals surface area (Å²) in [6.45, 7) is 2.03. The molecule has 1 N–H and O–H groups in total. The maximum Gasteiger partial charge on any atom is 0.269 e. The van der Waals surface area contributed by atoms with Crippen LogP contribution < -0.4 is 5.56 Å². The summed E-state index contributed by atoms with van der Waals surface area (Å²) in [5.74, 6) is 1.68. The van der Waals surface area contributed by atoms with E-state index in [9.17, 15) is 4.79 Å². The fourth-order valence-corrected chi connectivity index (χ4v) is 3.43. The fourth-order valence-electron chi connectivity index (χ4n) is 3.31. The Labute approximate surface area is 174 Å². The van der Waals surface area contributed by atoms with Crippen molar-refractivity contribution in [3.8, 4) is 17.2 Å². The number of benzene rings is 1. The van der Waals surface area contributed by atoms with Gasteiger partial charge in [-0.25, -0.2) is 9.55 Å². The Hall–Kier alpha value is -3.63. The number of hydrogen-bond donors (Lipinski definition) is 1. The first-order chi connectivity index (χ1) is 14.5. The largest absolute Gasteiger partial charge is 0.377 e. The van der Waals surface area contributed by atoms with E-state index in [0.717, 1.165) is 5.56 Å². The third-order valence-electron chi connectivity index (χ3n) is 4.57. The Morgan fingerprint density at radius 1 is 1.13 bits per heavy atom. The smallest absolute Gasteiger partial charge is 0.269 e. The van der Waals surface area contributed by atoms with E-state index in [-0.39, 0.29) is 18.1 Å². The molecule has 11 heteroatoms. The van der Waals surface area contributed by atoms with E-state index in [0.29, 0.717) is 39.0 Å². The number of nitrogens with one attached hydrogen (secondary N) is 1. The molecule has 5 rings (SSSR count). The van der Waals surface area contributed by atoms with Gasteiger partial charge in [-0.05, 0) is 25.1 Å². The van der Waals surface area contributed by atoms with Crippen molar-refractivity contribution in [2.75, 3.05) is 7.11 Å². The van der Waals surface area contributed by atoms with E-state index in [1.807, 2.05) is 12.1 Å². The van der Waals surface area contributed by atoms with Gasteiger partial charge in [0, 0.05) is 23.9 Å². The Balaban J connectivity index is 1.85. The van der Waals surface area contributed by atoms with Gasteiger partial charge in [0.1, 0.15) is 12.4 Å². The van der Waals surface area contributed by atoms with Crippen molar-refractivity contribution in [2.24, 2.45) is 0 Å². The van der Waals surface area contributed by atoms with Gasteiger partial charge in [-0.1, -0.05) is 23.7 Å². The van der Waals surface area contributed by atoms with Gasteiger partial charge in [-0.2, -0.15) is 14.5 Å². The number of pyridine rings is 1. The van der Waals surface area contributed by atoms with Crippen molar-refractivity contribution in [1.29, 1.82) is 0 Å². The minimum Gasteiger partial charge on any atom is -0.377 e. The molecule has 4 heterocycles. The van der Waals surface area contributed by atoms with E-state index in [1.165, 1.54) is 4.57 Å². The Morgan fingerprint density at radius 2 is 1.93 bits per heavy atom. The SMILES string of the molecule is COCc1nc(-n2ccc3nc4nc(C)nn4c(-c4ccc(Cl)cc4)c3c2=O)n[nH]1. The molecule has 0 fully saturated rings. The normalized spacial score (nSPS) is 11.6. The number of fused-ring (bicyclic) bond motifs is 2. The van der Waals surface area contributed by atoms with Crippen LogP contribution in [0.5, 0.6) is 0 Å². The topological polar surface area (TPSA) is 116 Å². The summed E-state index contributed by atoms with van der Waals surface area (Å²) >= 11 is 6.06. The van der Waals surface area contributed by atoms with Crippen molar-refractivity contribution >= 4 is 28.3 Å². The second-order valence-electron chi connectivity index (χ2n) is 6.60. The van der Waals surface area contributed by atoms with Gasteiger partial charge in [0.15, 0.2) is 5.82 Å². The number of aromatic nitrogens is 8. The molecule has 5 aromatic rings. The zero-order valence-electron chi connectivity index (χ0n) is 16.0. The number of aryl methyl sites for hydroxylation is 1. The zero-order chi connectivity index (χ0) is 20.8. The molecule has 10 nitrogen and oxygen atoms in total. The van der Waals surface area contributed by atoms with Crippen LogP contribution in [0.1, 0.15) is 11.6 Å². The van der Waals surface area contributed by atoms with E-state index in [1.54, 1.807) is 42.9 Å². The van der Waals surface area contributed by atoms with E-state index in [4.69, 9.17) is 16.3 Å². The number of nitrogens with zero attached hydrogens (tertiary/aromatic N) is 7. The highest BCUT2D eigenvalue weighted by Crippen LogP contribution is 2.27. The van der Waals surface area contributed by atoms with Crippen molar-refractivity contribution in [1.82, 2.24) is 39.3 Å². The molecule has 1 aromatic carbocycles. The minimum absolute atomic E-state index is 0.214. The van der Waals surface area contributed by atoms with Crippen LogP contribution >= 0.6 is 11.6 Å². The van der Waals surface area contributed by atoms with Crippen LogP contribution in [0.4, 0.5) is 0 Å². The molecule has 0 atom stereocenters. The van der Waals surface area contributed by atoms with Crippen LogP contribution in [0.25, 0.3) is 33.9 Å². The molecular formula is C19H15ClN8O2. The van der Waals surface area contributed by atoms with Gasteiger partial charge in [0.05, 0.1) is 16.6 Å². The van der Waals surface area contributed by atoms with Crippen molar-refractivity contribution < 1.29 is 4.74 Å². The van der Waals surface area contributed by atoms with Gasteiger partial charge in [-0.3, -0.25) is 9.89 Å². The minimum atomic E-state index is -0.331. The summed E-state index contributed by atoms with van der Waals surface area (Å²) in [5.41, 5.74) is 1.49. The molecule has 0 saturated carbocycles. The van der Waals surface area contributed by atoms with Crippen molar-refractivity contribution in [3.63, 3.8) is 0 Å². The third-order valence-corrected chi connectivity index (χ3v) is 4.82. The molecule has 0 radical (unpaired) electrons. The highest BCUT2D eigenvalue weighted by atomic mass is 35.5. The van der Waals surface area contributed by atoms with Crippen molar-refractivity contribution in [3.05, 3.63) is 63.6 Å². The van der Waals surface area contributed by atoms with Crippen LogP contribution in [-0.4, -0.2) is 46.4 Å². The molecule has 0 aliphatic rings. The van der Waals surface area contributed by atoms with Gasteiger partial charge in [0.2, 0.25) is 0 Å². The first-order valence-electron chi connectivity index (χ1n) is 9.00. The summed E-state index contributed by atoms with van der Waals surface area (Å²) in [4.78, 5) is 26.7. The van der Waals surface area contributed by atoms with Gasteiger partial charge in [-0.15, -0.1) is 10.2 Å². The number of aromatic amines is 1. The summed E-state index contributed by atoms with van der Waals surface area (Å²) in [6.07, 6.45) is 1.59. The van der Waals surface area contributed by atoms with Gasteiger partial charge in [0.25, 0.3) is 17.3 Å². The van der Waals surface area contributed by atoms with Crippen LogP contribution in [0, 0.1) is 6.92 Å². The molecule has 0 spiro atoms.